The van der Waals surface area contributed by atoms with Crippen LogP contribution in [0.5, 0.6) is 0 Å². The lowest BCUT2D eigenvalue weighted by atomic mass is 10.3. The van der Waals surface area contributed by atoms with Crippen molar-refractivity contribution >= 4 is 5.91 Å². The molecule has 0 unspecified atom stereocenters. The SMILES string of the molecule is NCCn1cc(C(=O)N2CCCN(CCO)CC2)nn1. The first-order valence-electron chi connectivity index (χ1n) is 6.97. The summed E-state index contributed by atoms with van der Waals surface area (Å²) < 4.78 is 1.59. The summed E-state index contributed by atoms with van der Waals surface area (Å²) in [5.74, 6) is -0.0841. The highest BCUT2D eigenvalue weighted by Gasteiger charge is 2.22. The Labute approximate surface area is 118 Å². The molecular formula is C12H22N6O2. The van der Waals surface area contributed by atoms with Crippen molar-refractivity contribution in [3.63, 3.8) is 0 Å². The number of nitrogens with zero attached hydrogens (tertiary/aromatic N) is 5. The molecule has 8 nitrogen and oxygen atoms in total. The highest BCUT2D eigenvalue weighted by atomic mass is 16.3. The van der Waals surface area contributed by atoms with Crippen LogP contribution in [0.1, 0.15) is 16.9 Å². The molecule has 3 N–H and O–H groups in total. The Kier molecular flexibility index (Phi) is 5.45. The molecule has 0 aliphatic carbocycles. The Bertz CT molecular complexity index is 435. The van der Waals surface area contributed by atoms with E-state index in [0.29, 0.717) is 38.4 Å². The van der Waals surface area contributed by atoms with Crippen molar-refractivity contribution in [3.05, 3.63) is 11.9 Å². The molecule has 1 aliphatic heterocycles. The first-order chi connectivity index (χ1) is 9.74. The van der Waals surface area contributed by atoms with Crippen LogP contribution < -0.4 is 5.73 Å². The van der Waals surface area contributed by atoms with E-state index >= 15 is 0 Å². The van der Waals surface area contributed by atoms with Gasteiger partial charge in [-0.25, -0.2) is 0 Å². The number of rotatable bonds is 5. The molecule has 1 saturated heterocycles. The minimum absolute atomic E-state index is 0.0841. The predicted molar refractivity (Wildman–Crippen MR) is 73.1 cm³/mol. The molecule has 0 aromatic carbocycles. The van der Waals surface area contributed by atoms with Gasteiger partial charge in [0, 0.05) is 32.7 Å². The molecule has 112 valence electrons. The molecule has 0 radical (unpaired) electrons. The summed E-state index contributed by atoms with van der Waals surface area (Å²) in [6.45, 7) is 4.90. The number of β-amino-alcohol motifs (C(OH)–C–C–N with tert-alkyl or cyclic N) is 1. The van der Waals surface area contributed by atoms with Crippen LogP contribution in [0, 0.1) is 0 Å². The minimum atomic E-state index is -0.0841. The summed E-state index contributed by atoms with van der Waals surface area (Å²) in [7, 11) is 0. The average molecular weight is 282 g/mol. The monoisotopic (exact) mass is 282 g/mol. The van der Waals surface area contributed by atoms with Gasteiger partial charge < -0.3 is 15.7 Å². The van der Waals surface area contributed by atoms with E-state index in [9.17, 15) is 4.79 Å². The Morgan fingerprint density at radius 2 is 2.15 bits per heavy atom. The van der Waals surface area contributed by atoms with Crippen LogP contribution in [-0.4, -0.2) is 81.7 Å². The lowest BCUT2D eigenvalue weighted by Gasteiger charge is -2.20. The Morgan fingerprint density at radius 3 is 2.90 bits per heavy atom. The zero-order chi connectivity index (χ0) is 14.4. The molecule has 1 aromatic heterocycles. The van der Waals surface area contributed by atoms with Crippen LogP contribution in [0.4, 0.5) is 0 Å². The number of aliphatic hydroxyl groups is 1. The number of carbonyl (C=O) groups excluding carboxylic acids is 1. The third-order valence-corrected chi connectivity index (χ3v) is 3.41. The summed E-state index contributed by atoms with van der Waals surface area (Å²) in [4.78, 5) is 16.3. The van der Waals surface area contributed by atoms with Crippen LogP contribution >= 0.6 is 0 Å². The standard InChI is InChI=1S/C12H22N6O2/c13-2-5-18-10-11(14-15-18)12(20)17-4-1-3-16(6-7-17)8-9-19/h10,19H,1-9,13H2. The average Bonchev–Trinajstić information content (AvgIpc) is 2.78. The van der Waals surface area contributed by atoms with Gasteiger partial charge in [-0.05, 0) is 13.0 Å². The van der Waals surface area contributed by atoms with Gasteiger partial charge in [0.25, 0.3) is 5.91 Å². The van der Waals surface area contributed by atoms with Crippen LogP contribution in [0.25, 0.3) is 0 Å². The summed E-state index contributed by atoms with van der Waals surface area (Å²) in [6.07, 6.45) is 2.55. The lowest BCUT2D eigenvalue weighted by Crippen LogP contribution is -2.36. The number of nitrogens with two attached hydrogens (primary N) is 1. The van der Waals surface area contributed by atoms with Crippen LogP contribution in [-0.2, 0) is 6.54 Å². The second-order valence-corrected chi connectivity index (χ2v) is 4.87. The maximum Gasteiger partial charge on any atom is 0.276 e. The van der Waals surface area contributed by atoms with Gasteiger partial charge in [-0.2, -0.15) is 0 Å². The van der Waals surface area contributed by atoms with Crippen molar-refractivity contribution in [2.75, 3.05) is 45.9 Å². The lowest BCUT2D eigenvalue weighted by molar-refractivity contribution is 0.0754. The van der Waals surface area contributed by atoms with Gasteiger partial charge >= 0.3 is 0 Å². The molecule has 0 bridgehead atoms. The van der Waals surface area contributed by atoms with Crippen molar-refractivity contribution in [1.82, 2.24) is 24.8 Å². The third kappa shape index (κ3) is 3.75. The molecule has 1 aromatic rings. The fraction of sp³-hybridized carbons (Fsp3) is 0.750. The Morgan fingerprint density at radius 1 is 1.30 bits per heavy atom. The number of hydrogen-bond acceptors (Lipinski definition) is 6. The zero-order valence-corrected chi connectivity index (χ0v) is 11.6. The second-order valence-electron chi connectivity index (χ2n) is 4.87. The zero-order valence-electron chi connectivity index (χ0n) is 11.6. The first-order valence-corrected chi connectivity index (χ1v) is 6.97. The fourth-order valence-electron chi connectivity index (χ4n) is 2.34. The minimum Gasteiger partial charge on any atom is -0.395 e. The Balaban J connectivity index is 1.94. The smallest absolute Gasteiger partial charge is 0.276 e. The third-order valence-electron chi connectivity index (χ3n) is 3.41. The van der Waals surface area contributed by atoms with Gasteiger partial charge in [0.1, 0.15) is 0 Å². The molecule has 0 saturated carbocycles. The number of aromatic nitrogens is 3. The summed E-state index contributed by atoms with van der Waals surface area (Å²) in [5.41, 5.74) is 5.81. The number of aliphatic hydroxyl groups excluding tert-OH is 1. The summed E-state index contributed by atoms with van der Waals surface area (Å²) in [5, 5.41) is 16.8. The van der Waals surface area contributed by atoms with Crippen molar-refractivity contribution in [2.24, 2.45) is 5.73 Å². The van der Waals surface area contributed by atoms with Crippen LogP contribution in [0.15, 0.2) is 6.20 Å². The van der Waals surface area contributed by atoms with Crippen LogP contribution in [0.2, 0.25) is 0 Å². The van der Waals surface area contributed by atoms with E-state index in [0.717, 1.165) is 19.5 Å². The van der Waals surface area contributed by atoms with Gasteiger partial charge in [-0.3, -0.25) is 14.4 Å². The van der Waals surface area contributed by atoms with E-state index in [4.69, 9.17) is 10.8 Å². The number of carbonyl (C=O) groups is 1. The second kappa shape index (κ2) is 7.32. The molecule has 1 amide bonds. The van der Waals surface area contributed by atoms with E-state index in [-0.39, 0.29) is 12.5 Å². The molecule has 20 heavy (non-hydrogen) atoms. The van der Waals surface area contributed by atoms with E-state index in [1.807, 2.05) is 0 Å². The molecule has 2 rings (SSSR count). The molecule has 1 fully saturated rings. The van der Waals surface area contributed by atoms with E-state index in [2.05, 4.69) is 15.2 Å². The van der Waals surface area contributed by atoms with E-state index in [1.165, 1.54) is 0 Å². The first kappa shape index (κ1) is 14.9. The van der Waals surface area contributed by atoms with E-state index < -0.39 is 0 Å². The highest BCUT2D eigenvalue weighted by Crippen LogP contribution is 2.07. The predicted octanol–water partition coefficient (Wildman–Crippen LogP) is -1.62. The maximum atomic E-state index is 12.3. The largest absolute Gasteiger partial charge is 0.395 e. The van der Waals surface area contributed by atoms with Gasteiger partial charge in [0.2, 0.25) is 0 Å². The summed E-state index contributed by atoms with van der Waals surface area (Å²) in [6, 6.07) is 0. The molecule has 8 heteroatoms. The van der Waals surface area contributed by atoms with Crippen molar-refractivity contribution < 1.29 is 9.90 Å². The Hall–Kier alpha value is -1.51. The van der Waals surface area contributed by atoms with E-state index in [1.54, 1.807) is 15.8 Å². The molecule has 0 atom stereocenters. The number of hydrogen-bond donors (Lipinski definition) is 2. The molecule has 0 spiro atoms. The van der Waals surface area contributed by atoms with Gasteiger partial charge in [-0.1, -0.05) is 5.21 Å². The molecule has 2 heterocycles. The van der Waals surface area contributed by atoms with Crippen LogP contribution in [0.3, 0.4) is 0 Å². The molecular weight excluding hydrogens is 260 g/mol. The highest BCUT2D eigenvalue weighted by molar-refractivity contribution is 5.91. The number of amides is 1. The van der Waals surface area contributed by atoms with Crippen molar-refractivity contribution in [2.45, 2.75) is 13.0 Å². The quantitative estimate of drug-likeness (QED) is 0.673. The van der Waals surface area contributed by atoms with Gasteiger partial charge in [0.15, 0.2) is 5.69 Å². The van der Waals surface area contributed by atoms with Gasteiger partial charge in [-0.15, -0.1) is 5.10 Å². The molecule has 1 aliphatic rings. The topological polar surface area (TPSA) is 101 Å². The maximum absolute atomic E-state index is 12.3. The summed E-state index contributed by atoms with van der Waals surface area (Å²) >= 11 is 0. The van der Waals surface area contributed by atoms with Crippen molar-refractivity contribution in [3.8, 4) is 0 Å². The fourth-order valence-corrected chi connectivity index (χ4v) is 2.34. The normalized spacial score (nSPS) is 17.2. The van der Waals surface area contributed by atoms with Crippen molar-refractivity contribution in [1.29, 1.82) is 0 Å². The van der Waals surface area contributed by atoms with Gasteiger partial charge in [0.05, 0.1) is 19.3 Å².